The zero-order valence-corrected chi connectivity index (χ0v) is 21.2. The first-order valence-electron chi connectivity index (χ1n) is 10.7. The fourth-order valence-corrected chi connectivity index (χ4v) is 4.36. The molecule has 1 aliphatic rings. The van der Waals surface area contributed by atoms with Crippen molar-refractivity contribution in [2.75, 3.05) is 19.5 Å². The lowest BCUT2D eigenvalue weighted by atomic mass is 9.87. The maximum absolute atomic E-state index is 11.9. The van der Waals surface area contributed by atoms with Crippen molar-refractivity contribution in [3.8, 4) is 23.0 Å². The lowest BCUT2D eigenvalue weighted by Crippen LogP contribution is -2.47. The number of carbonyl (C=O) groups excluding carboxylic acids is 1. The standard InChI is InChI=1S/C25H29NO7S/c1-12-13(2)22-16(14(3)21(12)32-15(4)27)8-9-25(5,33-22)24(34)26-18-11-20(31-7)19(30-6)10-17(18)23(28)29/h10-11H,8-9H2,1-7H3,(H,26,34)(H,28,29). The number of thiocarbonyl (C=S) groups is 1. The van der Waals surface area contributed by atoms with E-state index in [1.807, 2.05) is 27.7 Å². The van der Waals surface area contributed by atoms with Crippen LogP contribution in [0.2, 0.25) is 0 Å². The summed E-state index contributed by atoms with van der Waals surface area (Å²) in [5.41, 5.74) is 2.90. The van der Waals surface area contributed by atoms with Crippen LogP contribution in [0.15, 0.2) is 12.1 Å². The van der Waals surface area contributed by atoms with Crippen molar-refractivity contribution in [2.45, 2.75) is 53.1 Å². The molecule has 0 radical (unpaired) electrons. The highest BCUT2D eigenvalue weighted by Gasteiger charge is 2.39. The third-order valence-corrected chi connectivity index (χ3v) is 6.75. The van der Waals surface area contributed by atoms with Crippen LogP contribution in [-0.4, -0.2) is 41.9 Å². The van der Waals surface area contributed by atoms with E-state index < -0.39 is 11.6 Å². The number of hydrogen-bond donors (Lipinski definition) is 2. The van der Waals surface area contributed by atoms with Gasteiger partial charge in [-0.25, -0.2) is 4.79 Å². The second-order valence-corrected chi connectivity index (χ2v) is 8.86. The number of aromatic carboxylic acids is 1. The van der Waals surface area contributed by atoms with E-state index in [9.17, 15) is 14.7 Å². The molecular weight excluding hydrogens is 458 g/mol. The summed E-state index contributed by atoms with van der Waals surface area (Å²) in [7, 11) is 2.91. The summed E-state index contributed by atoms with van der Waals surface area (Å²) in [6, 6.07) is 2.93. The first kappa shape index (κ1) is 25.3. The first-order chi connectivity index (χ1) is 15.9. The normalized spacial score (nSPS) is 16.7. The molecule has 1 atom stereocenters. The number of anilines is 1. The molecule has 0 saturated heterocycles. The van der Waals surface area contributed by atoms with Crippen LogP contribution in [0.25, 0.3) is 0 Å². The molecule has 2 N–H and O–H groups in total. The van der Waals surface area contributed by atoms with E-state index >= 15 is 0 Å². The van der Waals surface area contributed by atoms with Crippen LogP contribution in [0, 0.1) is 20.8 Å². The molecule has 3 rings (SSSR count). The Labute approximate surface area is 204 Å². The minimum Gasteiger partial charge on any atom is -0.493 e. The molecule has 0 spiro atoms. The Morgan fingerprint density at radius 3 is 2.26 bits per heavy atom. The van der Waals surface area contributed by atoms with Gasteiger partial charge in [-0.15, -0.1) is 0 Å². The van der Waals surface area contributed by atoms with Gasteiger partial charge in [-0.3, -0.25) is 4.79 Å². The smallest absolute Gasteiger partial charge is 0.337 e. The molecule has 8 nitrogen and oxygen atoms in total. The zero-order chi connectivity index (χ0) is 25.4. The molecule has 0 aliphatic carbocycles. The maximum Gasteiger partial charge on any atom is 0.337 e. The maximum atomic E-state index is 11.9. The Morgan fingerprint density at radius 2 is 1.71 bits per heavy atom. The van der Waals surface area contributed by atoms with E-state index in [4.69, 9.17) is 31.2 Å². The lowest BCUT2D eigenvalue weighted by molar-refractivity contribution is -0.132. The van der Waals surface area contributed by atoms with E-state index in [0.29, 0.717) is 40.8 Å². The Bertz CT molecular complexity index is 1190. The number of carbonyl (C=O) groups is 2. The summed E-state index contributed by atoms with van der Waals surface area (Å²) >= 11 is 5.71. The Hall–Kier alpha value is -3.33. The quantitative estimate of drug-likeness (QED) is 0.339. The Morgan fingerprint density at radius 1 is 1.09 bits per heavy atom. The van der Waals surface area contributed by atoms with Gasteiger partial charge in [0.2, 0.25) is 0 Å². The number of hydrogen-bond acceptors (Lipinski definition) is 7. The van der Waals surface area contributed by atoms with E-state index in [1.165, 1.54) is 27.2 Å². The second kappa shape index (κ2) is 9.50. The van der Waals surface area contributed by atoms with Gasteiger partial charge in [-0.05, 0) is 57.2 Å². The molecule has 0 amide bonds. The molecule has 2 aromatic carbocycles. The van der Waals surface area contributed by atoms with Crippen molar-refractivity contribution in [1.29, 1.82) is 0 Å². The van der Waals surface area contributed by atoms with E-state index in [2.05, 4.69) is 5.32 Å². The van der Waals surface area contributed by atoms with E-state index in [1.54, 1.807) is 6.07 Å². The van der Waals surface area contributed by atoms with Crippen LogP contribution in [0.4, 0.5) is 5.69 Å². The molecular formula is C25H29NO7S. The van der Waals surface area contributed by atoms with Gasteiger partial charge < -0.3 is 29.4 Å². The van der Waals surface area contributed by atoms with Crippen molar-refractivity contribution in [3.63, 3.8) is 0 Å². The molecule has 182 valence electrons. The topological polar surface area (TPSA) is 103 Å². The minimum absolute atomic E-state index is 0.00583. The summed E-state index contributed by atoms with van der Waals surface area (Å²) < 4.78 is 22.5. The van der Waals surface area contributed by atoms with Gasteiger partial charge in [0.05, 0.1) is 25.5 Å². The first-order valence-corrected chi connectivity index (χ1v) is 11.1. The number of nitrogens with one attached hydrogen (secondary N) is 1. The van der Waals surface area contributed by atoms with Crippen LogP contribution in [0.5, 0.6) is 23.0 Å². The summed E-state index contributed by atoms with van der Waals surface area (Å²) in [6.45, 7) is 8.96. The highest BCUT2D eigenvalue weighted by molar-refractivity contribution is 7.80. The predicted octanol–water partition coefficient (Wildman–Crippen LogP) is 4.78. The lowest BCUT2D eigenvalue weighted by Gasteiger charge is -2.38. The monoisotopic (exact) mass is 487 g/mol. The molecule has 0 saturated carbocycles. The number of esters is 1. The minimum atomic E-state index is -1.13. The largest absolute Gasteiger partial charge is 0.493 e. The SMILES string of the molecule is COc1cc(NC(=S)C2(C)CCc3c(C)c(OC(C)=O)c(C)c(C)c3O2)c(C(=O)O)cc1OC. The third kappa shape index (κ3) is 4.52. The fourth-order valence-electron chi connectivity index (χ4n) is 4.11. The molecule has 0 bridgehead atoms. The number of carboxylic acid groups (broad SMARTS) is 1. The van der Waals surface area contributed by atoms with Gasteiger partial charge in [-0.1, -0.05) is 12.2 Å². The molecule has 9 heteroatoms. The van der Waals surface area contributed by atoms with Gasteiger partial charge in [0, 0.05) is 24.6 Å². The average Bonchev–Trinajstić information content (AvgIpc) is 2.79. The number of fused-ring (bicyclic) bond motifs is 1. The van der Waals surface area contributed by atoms with Crippen LogP contribution in [-0.2, 0) is 11.2 Å². The Kier molecular flexibility index (Phi) is 7.07. The van der Waals surface area contributed by atoms with Crippen molar-refractivity contribution < 1.29 is 33.6 Å². The molecule has 1 heterocycles. The molecule has 1 unspecified atom stereocenters. The van der Waals surface area contributed by atoms with Crippen molar-refractivity contribution in [3.05, 3.63) is 39.9 Å². The van der Waals surface area contributed by atoms with Crippen LogP contribution >= 0.6 is 12.2 Å². The third-order valence-electron chi connectivity index (χ3n) is 6.22. The Balaban J connectivity index is 1.98. The number of ether oxygens (including phenoxy) is 4. The summed E-state index contributed by atoms with van der Waals surface area (Å²) in [5.74, 6) is 0.434. The van der Waals surface area contributed by atoms with Gasteiger partial charge in [0.15, 0.2) is 17.1 Å². The molecule has 0 fully saturated rings. The number of rotatable bonds is 6. The molecule has 2 aromatic rings. The highest BCUT2D eigenvalue weighted by atomic mass is 32.1. The van der Waals surface area contributed by atoms with Crippen molar-refractivity contribution in [1.82, 2.24) is 0 Å². The van der Waals surface area contributed by atoms with Crippen molar-refractivity contribution >= 4 is 34.8 Å². The van der Waals surface area contributed by atoms with Gasteiger partial charge in [0.25, 0.3) is 0 Å². The summed E-state index contributed by atoms with van der Waals surface area (Å²) in [4.78, 5) is 23.8. The van der Waals surface area contributed by atoms with Gasteiger partial charge >= 0.3 is 11.9 Å². The van der Waals surface area contributed by atoms with Gasteiger partial charge in [-0.2, -0.15) is 0 Å². The van der Waals surface area contributed by atoms with Crippen LogP contribution in [0.3, 0.4) is 0 Å². The average molecular weight is 488 g/mol. The number of methoxy groups -OCH3 is 2. The summed E-state index contributed by atoms with van der Waals surface area (Å²) in [5, 5.41) is 12.8. The predicted molar refractivity (Wildman–Crippen MR) is 132 cm³/mol. The van der Waals surface area contributed by atoms with Crippen LogP contribution in [0.1, 0.15) is 52.9 Å². The van der Waals surface area contributed by atoms with Gasteiger partial charge in [0.1, 0.15) is 16.5 Å². The zero-order valence-electron chi connectivity index (χ0n) is 20.4. The number of benzene rings is 2. The summed E-state index contributed by atoms with van der Waals surface area (Å²) in [6.07, 6.45) is 1.19. The highest BCUT2D eigenvalue weighted by Crippen LogP contribution is 2.44. The second-order valence-electron chi connectivity index (χ2n) is 8.45. The molecule has 0 aromatic heterocycles. The van der Waals surface area contributed by atoms with Crippen LogP contribution < -0.4 is 24.3 Å². The van der Waals surface area contributed by atoms with E-state index in [-0.39, 0.29) is 17.2 Å². The molecule has 34 heavy (non-hydrogen) atoms. The molecule has 1 aliphatic heterocycles. The number of carboxylic acids is 1. The fraction of sp³-hybridized carbons (Fsp3) is 0.400. The van der Waals surface area contributed by atoms with E-state index in [0.717, 1.165) is 22.3 Å². The van der Waals surface area contributed by atoms with Crippen molar-refractivity contribution in [2.24, 2.45) is 0 Å².